The molecule has 3 aliphatic carbocycles. The van der Waals surface area contributed by atoms with Crippen LogP contribution in [0.1, 0.15) is 119 Å². The van der Waals surface area contributed by atoms with Crippen LogP contribution in [-0.4, -0.2) is 224 Å². The highest BCUT2D eigenvalue weighted by Crippen LogP contribution is 2.58. The van der Waals surface area contributed by atoms with Gasteiger partial charge in [-0.25, -0.2) is 0 Å². The number of carbonyl (C=O) groups is 3. The highest BCUT2D eigenvalue weighted by atomic mass is 16.7. The fraction of sp³-hybridized carbons (Fsp3) is 0.792. The summed E-state index contributed by atoms with van der Waals surface area (Å²) in [5, 5.41) is 105. The third kappa shape index (κ3) is 10.6. The largest absolute Gasteiger partial charge is 0.507 e. The third-order valence-corrected chi connectivity index (χ3v) is 17.2. The van der Waals surface area contributed by atoms with Gasteiger partial charge in [0.25, 0.3) is 0 Å². The first kappa shape index (κ1) is 58.5. The molecule has 0 amide bonds. The summed E-state index contributed by atoms with van der Waals surface area (Å²) in [5.74, 6) is -7.52. The molecule has 0 unspecified atom stereocenters. The molecule has 0 radical (unpaired) electrons. The monoisotopic (exact) mass is 1100 g/mol. The van der Waals surface area contributed by atoms with Crippen LogP contribution in [0.5, 0.6) is 5.75 Å². The van der Waals surface area contributed by atoms with Crippen molar-refractivity contribution in [3.05, 3.63) is 40.5 Å². The minimum atomic E-state index is -2.80. The molecule has 27 atom stereocenters. The number of aliphatic hydroxyl groups is 8. The summed E-state index contributed by atoms with van der Waals surface area (Å²) in [6.45, 7) is 10.8. The molecule has 24 heteroatoms. The summed E-state index contributed by atoms with van der Waals surface area (Å²) in [7, 11) is 2.87. The number of aliphatic hydroxyl groups excluding tert-OH is 6. The number of phenols is 1. The maximum atomic E-state index is 15.1. The zero-order valence-corrected chi connectivity index (χ0v) is 44.6. The average Bonchev–Trinajstić information content (AvgIpc) is 3.47. The molecule has 8 aliphatic rings. The van der Waals surface area contributed by atoms with E-state index in [2.05, 4.69) is 0 Å². The number of ether oxygens (including phenoxy) is 12. The van der Waals surface area contributed by atoms with Crippen LogP contribution in [0.2, 0.25) is 0 Å². The molecule has 5 aliphatic heterocycles. The Hall–Kier alpha value is -3.19. The molecular weight excluding hydrogens is 1020 g/mol. The topological polar surface area (TPSA) is 344 Å². The number of methoxy groups -OCH3 is 2. The van der Waals surface area contributed by atoms with Crippen molar-refractivity contribution in [3.8, 4) is 5.75 Å². The van der Waals surface area contributed by atoms with Crippen molar-refractivity contribution < 1.29 is 117 Å². The first-order chi connectivity index (χ1) is 36.3. The van der Waals surface area contributed by atoms with Crippen LogP contribution in [0, 0.1) is 11.8 Å². The lowest BCUT2D eigenvalue weighted by atomic mass is 9.49. The first-order valence-corrected chi connectivity index (χ1v) is 26.6. The van der Waals surface area contributed by atoms with E-state index in [1.807, 2.05) is 0 Å². The number of rotatable bonds is 12. The SMILES string of the molecule is CO[C@H]1C[C@H](O[C@H]2C=C(C)C[C@]3(O)[C@@H](OC(C)=O)[C@H](O)[C@@H]4C(=O)c5c(ccc([C@@H]6C[C@@H](O[C@H]7C[C@H](O)[C@H](O[C@@H]8C[C@@H](O[C@H]9C[C@H](OC)[C@@H](O)[C@H](C)O9)[C@H](O)[C@@H](C)O8)[C@H](C)O7)[C@H](O)[C@H](C)O6)c5O)C(=O)[C@@H]4[C@]23O)O[C@@H](C)[C@H]1O. The molecule has 9 N–H and O–H groups in total. The van der Waals surface area contributed by atoms with Gasteiger partial charge in [0.2, 0.25) is 0 Å². The molecule has 5 heterocycles. The number of aromatic hydroxyl groups is 1. The Bertz CT molecular complexity index is 2340. The summed E-state index contributed by atoms with van der Waals surface area (Å²) in [6.07, 6.45) is -23.2. The Morgan fingerprint density at radius 3 is 1.68 bits per heavy atom. The summed E-state index contributed by atoms with van der Waals surface area (Å²) >= 11 is 0. The number of esters is 1. The smallest absolute Gasteiger partial charge is 0.303 e. The second-order valence-electron chi connectivity index (χ2n) is 22.3. The van der Waals surface area contributed by atoms with Gasteiger partial charge in [-0.15, -0.1) is 0 Å². The third-order valence-electron chi connectivity index (χ3n) is 17.2. The summed E-state index contributed by atoms with van der Waals surface area (Å²) < 4.78 is 71.7. The van der Waals surface area contributed by atoms with Crippen molar-refractivity contribution in [2.75, 3.05) is 14.2 Å². The van der Waals surface area contributed by atoms with E-state index in [9.17, 15) is 50.8 Å². The van der Waals surface area contributed by atoms with Gasteiger partial charge in [-0.2, -0.15) is 0 Å². The van der Waals surface area contributed by atoms with E-state index in [1.54, 1.807) is 41.5 Å². The fourth-order valence-corrected chi connectivity index (χ4v) is 13.1. The highest BCUT2D eigenvalue weighted by molar-refractivity contribution is 6.18. The lowest BCUT2D eigenvalue weighted by Crippen LogP contribution is -2.81. The number of hydrogen-bond donors (Lipinski definition) is 9. The zero-order chi connectivity index (χ0) is 55.9. The Morgan fingerprint density at radius 1 is 0.623 bits per heavy atom. The van der Waals surface area contributed by atoms with Gasteiger partial charge in [0, 0.05) is 70.8 Å². The van der Waals surface area contributed by atoms with Crippen molar-refractivity contribution in [1.29, 1.82) is 0 Å². The molecule has 9 rings (SSSR count). The van der Waals surface area contributed by atoms with Gasteiger partial charge in [0.05, 0.1) is 84.5 Å². The van der Waals surface area contributed by atoms with Crippen LogP contribution in [-0.2, 0) is 61.6 Å². The van der Waals surface area contributed by atoms with E-state index in [4.69, 9.17) is 56.8 Å². The molecule has 6 fully saturated rings. The number of benzene rings is 1. The Labute approximate surface area is 445 Å². The number of carbonyl (C=O) groups excluding carboxylic acids is 3. The molecule has 0 spiro atoms. The second-order valence-corrected chi connectivity index (χ2v) is 22.3. The van der Waals surface area contributed by atoms with Crippen molar-refractivity contribution >= 4 is 17.5 Å². The number of fused-ring (bicyclic) bond motifs is 4. The number of ketones is 2. The summed E-state index contributed by atoms with van der Waals surface area (Å²) in [5.41, 5.74) is -5.89. The summed E-state index contributed by atoms with van der Waals surface area (Å²) in [6, 6.07) is 2.62. The standard InChI is InChI=1S/C53H76O24/c1-19-12-34(76-37-16-31(67-9)43(57)22(4)70-37)53(65)41-40(49(63)51(73-25(7)54)52(53,64)18-19)48(62)39-27(47(41)61)11-10-26(46(39)60)29-14-32(44(58)20(2)68-29)74-35-13-28(55)50(24(6)72-35)77-38-17-33(45(59)23(5)71-38)75-36-15-30(66-8)42(56)21(3)69-36/h10-12,20-24,28-38,40-45,49-51,55-60,63-65H,13-18H2,1-9H3/t20-,21-,22-,23+,24-,28-,29-,30-,31-,32+,33+,34-,35-,36-,37-,38+,40-,41+,42-,43+,44+,45+,49+,50+,51-,52-,53+/m0/s1. The molecule has 1 aromatic rings. The minimum Gasteiger partial charge on any atom is -0.507 e. The van der Waals surface area contributed by atoms with Crippen molar-refractivity contribution in [1.82, 2.24) is 0 Å². The molecule has 77 heavy (non-hydrogen) atoms. The molecule has 5 saturated heterocycles. The Kier molecular flexibility index (Phi) is 17.2. The van der Waals surface area contributed by atoms with Gasteiger partial charge in [0.15, 0.2) is 42.8 Å². The lowest BCUT2D eigenvalue weighted by molar-refractivity contribution is -0.337. The van der Waals surface area contributed by atoms with Crippen LogP contribution in [0.4, 0.5) is 0 Å². The van der Waals surface area contributed by atoms with E-state index >= 15 is 9.59 Å². The average molecular weight is 1100 g/mol. The van der Waals surface area contributed by atoms with Crippen LogP contribution < -0.4 is 0 Å². The summed E-state index contributed by atoms with van der Waals surface area (Å²) in [4.78, 5) is 42.8. The molecule has 1 aromatic carbocycles. The lowest BCUT2D eigenvalue weighted by Gasteiger charge is -2.62. The van der Waals surface area contributed by atoms with Crippen LogP contribution in [0.15, 0.2) is 23.8 Å². The van der Waals surface area contributed by atoms with Gasteiger partial charge < -0.3 is 103 Å². The zero-order valence-electron chi connectivity index (χ0n) is 44.6. The predicted molar refractivity (Wildman–Crippen MR) is 258 cm³/mol. The quantitative estimate of drug-likeness (QED) is 0.0974. The molecule has 24 nitrogen and oxygen atoms in total. The Morgan fingerprint density at radius 2 is 1.12 bits per heavy atom. The van der Waals surface area contributed by atoms with Crippen LogP contribution in [0.3, 0.4) is 0 Å². The normalized spacial score (nSPS) is 48.3. The molecule has 1 saturated carbocycles. The Balaban J connectivity index is 0.917. The van der Waals surface area contributed by atoms with E-state index < -0.39 is 199 Å². The molecular formula is C53H76O24. The minimum absolute atomic E-state index is 0.00449. The van der Waals surface area contributed by atoms with Gasteiger partial charge in [-0.05, 0) is 41.5 Å². The van der Waals surface area contributed by atoms with E-state index in [0.29, 0.717) is 5.57 Å². The maximum Gasteiger partial charge on any atom is 0.303 e. The fourth-order valence-electron chi connectivity index (χ4n) is 13.1. The molecule has 0 bridgehead atoms. The van der Waals surface area contributed by atoms with E-state index in [0.717, 1.165) is 6.92 Å². The predicted octanol–water partition coefficient (Wildman–Crippen LogP) is -0.113. The second kappa shape index (κ2) is 22.6. The van der Waals surface area contributed by atoms with Crippen molar-refractivity contribution in [3.63, 3.8) is 0 Å². The van der Waals surface area contributed by atoms with Gasteiger partial charge in [0.1, 0.15) is 59.7 Å². The van der Waals surface area contributed by atoms with Gasteiger partial charge in [-0.1, -0.05) is 23.8 Å². The van der Waals surface area contributed by atoms with Crippen LogP contribution in [0.25, 0.3) is 0 Å². The first-order valence-electron chi connectivity index (χ1n) is 26.6. The van der Waals surface area contributed by atoms with E-state index in [1.165, 1.54) is 32.4 Å². The maximum absolute atomic E-state index is 15.1. The molecule has 0 aromatic heterocycles. The van der Waals surface area contributed by atoms with Crippen molar-refractivity contribution in [2.24, 2.45) is 11.8 Å². The number of phenolic OH excluding ortho intramolecular Hbond substituents is 1. The van der Waals surface area contributed by atoms with Crippen molar-refractivity contribution in [2.45, 2.75) is 239 Å². The van der Waals surface area contributed by atoms with E-state index in [-0.39, 0.29) is 43.2 Å². The number of hydrogen-bond acceptors (Lipinski definition) is 24. The molecule has 432 valence electrons. The van der Waals surface area contributed by atoms with Gasteiger partial charge in [-0.3, -0.25) is 14.4 Å². The van der Waals surface area contributed by atoms with Gasteiger partial charge >= 0.3 is 5.97 Å². The number of Topliss-reactive ketones (excluding diaryl/α,β-unsaturated/α-hetero) is 2. The highest BCUT2D eigenvalue weighted by Gasteiger charge is 2.76. The van der Waals surface area contributed by atoms with Crippen LogP contribution >= 0.6 is 0 Å².